The van der Waals surface area contributed by atoms with E-state index in [1.807, 2.05) is 13.8 Å². The van der Waals surface area contributed by atoms with Gasteiger partial charge in [-0.25, -0.2) is 13.1 Å². The van der Waals surface area contributed by atoms with Crippen LogP contribution in [0.2, 0.25) is 0 Å². The Morgan fingerprint density at radius 2 is 2.14 bits per heavy atom. The molecule has 2 aromatic heterocycles. The van der Waals surface area contributed by atoms with Crippen LogP contribution in [0.25, 0.3) is 0 Å². The molecule has 0 aliphatic heterocycles. The molecule has 0 spiro atoms. The van der Waals surface area contributed by atoms with Crippen molar-refractivity contribution in [3.8, 4) is 0 Å². The zero-order valence-corrected chi connectivity index (χ0v) is 13.7. The van der Waals surface area contributed by atoms with Crippen LogP contribution < -0.4 is 10.0 Å². The highest BCUT2D eigenvalue weighted by Crippen LogP contribution is 2.25. The molecule has 116 valence electrons. The van der Waals surface area contributed by atoms with Gasteiger partial charge in [-0.1, -0.05) is 19.0 Å². The molecule has 0 unspecified atom stereocenters. The largest absolute Gasteiger partial charge is 0.343 e. The van der Waals surface area contributed by atoms with Gasteiger partial charge in [-0.05, 0) is 13.0 Å². The predicted octanol–water partition coefficient (Wildman–Crippen LogP) is 1.42. The summed E-state index contributed by atoms with van der Waals surface area (Å²) < 4.78 is 31.6. The third-order valence-electron chi connectivity index (χ3n) is 2.72. The average molecular weight is 330 g/mol. The molecule has 0 aliphatic rings. The lowest BCUT2D eigenvalue weighted by Crippen LogP contribution is -2.24. The Bertz CT molecular complexity index is 677. The molecular formula is C12H18N4O3S2. The van der Waals surface area contributed by atoms with Crippen LogP contribution in [-0.4, -0.2) is 24.6 Å². The molecule has 7 nitrogen and oxygen atoms in total. The zero-order chi connectivity index (χ0) is 15.5. The van der Waals surface area contributed by atoms with E-state index in [1.54, 1.807) is 13.0 Å². The quantitative estimate of drug-likeness (QED) is 0.797. The summed E-state index contributed by atoms with van der Waals surface area (Å²) in [7, 11) is -3.57. The standard InChI is InChI=1S/C12H18N4O3S2/c1-8(2)13-5-10-4-11(9(3)20-10)21(17,18)15-6-12-14-7-19-16-12/h4,7-8,13,15H,5-6H2,1-3H3. The highest BCUT2D eigenvalue weighted by atomic mass is 32.2. The number of sulfonamides is 1. The molecule has 0 saturated heterocycles. The number of nitrogens with one attached hydrogen (secondary N) is 2. The fourth-order valence-electron chi connectivity index (χ4n) is 1.69. The van der Waals surface area contributed by atoms with E-state index in [0.717, 1.165) is 16.1 Å². The average Bonchev–Trinajstić information content (AvgIpc) is 3.03. The van der Waals surface area contributed by atoms with Crippen molar-refractivity contribution < 1.29 is 12.9 Å². The molecule has 21 heavy (non-hydrogen) atoms. The maximum atomic E-state index is 12.3. The summed E-state index contributed by atoms with van der Waals surface area (Å²) in [5.41, 5.74) is 0. The van der Waals surface area contributed by atoms with Crippen LogP contribution in [0.1, 0.15) is 29.4 Å². The normalized spacial score (nSPS) is 12.2. The Morgan fingerprint density at radius 3 is 2.76 bits per heavy atom. The lowest BCUT2D eigenvalue weighted by Gasteiger charge is -2.05. The third-order valence-corrected chi connectivity index (χ3v) is 5.43. The first kappa shape index (κ1) is 16.1. The lowest BCUT2D eigenvalue weighted by molar-refractivity contribution is 0.409. The van der Waals surface area contributed by atoms with Gasteiger partial charge in [-0.2, -0.15) is 4.98 Å². The molecule has 0 aliphatic carbocycles. The van der Waals surface area contributed by atoms with E-state index in [0.29, 0.717) is 23.3 Å². The van der Waals surface area contributed by atoms with Gasteiger partial charge in [0, 0.05) is 22.3 Å². The van der Waals surface area contributed by atoms with Crippen LogP contribution >= 0.6 is 11.3 Å². The number of aryl methyl sites for hydroxylation is 1. The molecule has 0 atom stereocenters. The van der Waals surface area contributed by atoms with E-state index in [2.05, 4.69) is 24.7 Å². The van der Waals surface area contributed by atoms with E-state index in [-0.39, 0.29) is 6.54 Å². The maximum Gasteiger partial charge on any atom is 0.242 e. The number of hydrogen-bond acceptors (Lipinski definition) is 7. The molecule has 2 heterocycles. The van der Waals surface area contributed by atoms with Gasteiger partial charge in [0.05, 0.1) is 11.4 Å². The molecule has 0 aromatic carbocycles. The second-order valence-corrected chi connectivity index (χ2v) is 7.92. The molecule has 0 amide bonds. The summed E-state index contributed by atoms with van der Waals surface area (Å²) in [6, 6.07) is 2.05. The van der Waals surface area contributed by atoms with E-state index in [9.17, 15) is 8.42 Å². The highest BCUT2D eigenvalue weighted by molar-refractivity contribution is 7.89. The molecule has 0 bridgehead atoms. The van der Waals surface area contributed by atoms with Crippen LogP contribution in [0.5, 0.6) is 0 Å². The summed E-state index contributed by atoms with van der Waals surface area (Å²) in [4.78, 5) is 5.83. The van der Waals surface area contributed by atoms with Gasteiger partial charge in [0.15, 0.2) is 5.82 Å². The van der Waals surface area contributed by atoms with Crippen molar-refractivity contribution in [2.75, 3.05) is 0 Å². The van der Waals surface area contributed by atoms with E-state index < -0.39 is 10.0 Å². The molecule has 9 heteroatoms. The predicted molar refractivity (Wildman–Crippen MR) is 79.4 cm³/mol. The minimum Gasteiger partial charge on any atom is -0.343 e. The van der Waals surface area contributed by atoms with Gasteiger partial charge >= 0.3 is 0 Å². The van der Waals surface area contributed by atoms with Gasteiger partial charge in [0.25, 0.3) is 0 Å². The van der Waals surface area contributed by atoms with Crippen molar-refractivity contribution in [2.45, 2.75) is 44.8 Å². The number of hydrogen-bond donors (Lipinski definition) is 2. The smallest absolute Gasteiger partial charge is 0.242 e. The zero-order valence-electron chi connectivity index (χ0n) is 12.1. The molecular weight excluding hydrogens is 312 g/mol. The van der Waals surface area contributed by atoms with Crippen LogP contribution in [0.3, 0.4) is 0 Å². The van der Waals surface area contributed by atoms with Gasteiger partial charge < -0.3 is 9.84 Å². The Kier molecular flexibility index (Phi) is 5.09. The minimum absolute atomic E-state index is 0.00764. The maximum absolute atomic E-state index is 12.3. The van der Waals surface area contributed by atoms with Crippen LogP contribution in [0.4, 0.5) is 0 Å². The van der Waals surface area contributed by atoms with Crippen molar-refractivity contribution in [1.82, 2.24) is 20.2 Å². The van der Waals surface area contributed by atoms with Crippen molar-refractivity contribution in [1.29, 1.82) is 0 Å². The fourth-order valence-corrected chi connectivity index (χ4v) is 4.25. The Hall–Kier alpha value is -1.29. The number of nitrogens with zero attached hydrogens (tertiary/aromatic N) is 2. The highest BCUT2D eigenvalue weighted by Gasteiger charge is 2.20. The molecule has 2 rings (SSSR count). The SMILES string of the molecule is Cc1sc(CNC(C)C)cc1S(=O)(=O)NCc1ncon1. The van der Waals surface area contributed by atoms with E-state index in [4.69, 9.17) is 0 Å². The second kappa shape index (κ2) is 6.65. The summed E-state index contributed by atoms with van der Waals surface area (Å²) >= 11 is 1.48. The Balaban J connectivity index is 2.08. The Labute approximate surface area is 127 Å². The van der Waals surface area contributed by atoms with Gasteiger partial charge in [0.1, 0.15) is 0 Å². The number of aromatic nitrogens is 2. The van der Waals surface area contributed by atoms with Crippen molar-refractivity contribution >= 4 is 21.4 Å². The molecule has 0 radical (unpaired) electrons. The summed E-state index contributed by atoms with van der Waals surface area (Å²) in [5.74, 6) is 0.299. The summed E-state index contributed by atoms with van der Waals surface area (Å²) in [6.07, 6.45) is 1.16. The topological polar surface area (TPSA) is 97.1 Å². The van der Waals surface area contributed by atoms with Crippen molar-refractivity contribution in [3.05, 3.63) is 28.0 Å². The van der Waals surface area contributed by atoms with Gasteiger partial charge in [0.2, 0.25) is 16.4 Å². The summed E-state index contributed by atoms with van der Waals surface area (Å²) in [6.45, 7) is 6.55. The van der Waals surface area contributed by atoms with E-state index >= 15 is 0 Å². The molecule has 2 N–H and O–H groups in total. The van der Waals surface area contributed by atoms with Crippen molar-refractivity contribution in [2.24, 2.45) is 0 Å². The van der Waals surface area contributed by atoms with Gasteiger partial charge in [-0.15, -0.1) is 11.3 Å². The molecule has 0 saturated carbocycles. The first-order chi connectivity index (χ1) is 9.88. The van der Waals surface area contributed by atoms with Crippen LogP contribution in [-0.2, 0) is 23.1 Å². The van der Waals surface area contributed by atoms with Crippen LogP contribution in [0.15, 0.2) is 21.9 Å². The lowest BCUT2D eigenvalue weighted by atomic mass is 10.3. The first-order valence-electron chi connectivity index (χ1n) is 6.46. The number of rotatable bonds is 7. The number of thiophene rings is 1. The van der Waals surface area contributed by atoms with E-state index in [1.165, 1.54) is 11.3 Å². The van der Waals surface area contributed by atoms with Crippen molar-refractivity contribution in [3.63, 3.8) is 0 Å². The Morgan fingerprint density at radius 1 is 1.38 bits per heavy atom. The molecule has 0 fully saturated rings. The molecule has 2 aromatic rings. The summed E-state index contributed by atoms with van der Waals surface area (Å²) in [5, 5.41) is 6.84. The second-order valence-electron chi connectivity index (χ2n) is 4.84. The fraction of sp³-hybridized carbons (Fsp3) is 0.500. The van der Waals surface area contributed by atoms with Crippen LogP contribution in [0, 0.1) is 6.92 Å². The third kappa shape index (κ3) is 4.34. The first-order valence-corrected chi connectivity index (χ1v) is 8.76. The monoisotopic (exact) mass is 330 g/mol. The van der Waals surface area contributed by atoms with Gasteiger partial charge in [-0.3, -0.25) is 0 Å². The minimum atomic E-state index is -3.57.